The average Bonchev–Trinajstić information content (AvgIpc) is 2.76. The molecule has 174 valence electrons. The van der Waals surface area contributed by atoms with Gasteiger partial charge in [0.2, 0.25) is 11.8 Å². The number of rotatable bonds is 10. The van der Waals surface area contributed by atoms with Gasteiger partial charge in [0.1, 0.15) is 11.9 Å². The Morgan fingerprint density at radius 2 is 1.69 bits per heavy atom. The predicted octanol–water partition coefficient (Wildman–Crippen LogP) is 2.97. The number of benzene rings is 2. The van der Waals surface area contributed by atoms with Crippen molar-refractivity contribution in [3.8, 4) is 0 Å². The summed E-state index contributed by atoms with van der Waals surface area (Å²) in [6.07, 6.45) is -3.37. The molecule has 2 rings (SSSR count). The number of halogens is 4. The summed E-state index contributed by atoms with van der Waals surface area (Å²) in [4.78, 5) is 25.2. The molecule has 2 aromatic rings. The second-order valence-electron chi connectivity index (χ2n) is 7.30. The maximum absolute atomic E-state index is 14.1. The summed E-state index contributed by atoms with van der Waals surface area (Å²) in [6.45, 7) is 0.341. The van der Waals surface area contributed by atoms with E-state index in [0.717, 1.165) is 5.56 Å². The Hall–Kier alpha value is -2.98. The Bertz CT molecular complexity index is 907. The van der Waals surface area contributed by atoms with E-state index in [4.69, 9.17) is 11.5 Å². The van der Waals surface area contributed by atoms with Crippen molar-refractivity contribution in [2.24, 2.45) is 11.5 Å². The van der Waals surface area contributed by atoms with Gasteiger partial charge in [0.05, 0.1) is 17.3 Å². The normalized spacial score (nSPS) is 13.3. The van der Waals surface area contributed by atoms with Crippen LogP contribution in [-0.4, -0.2) is 30.4 Å². The van der Waals surface area contributed by atoms with Gasteiger partial charge in [-0.15, -0.1) is 0 Å². The van der Waals surface area contributed by atoms with Crippen LogP contribution in [0.2, 0.25) is 0 Å². The van der Waals surface area contributed by atoms with E-state index < -0.39 is 47.1 Å². The summed E-state index contributed by atoms with van der Waals surface area (Å²) in [6, 6.07) is 8.77. The van der Waals surface area contributed by atoms with Crippen molar-refractivity contribution in [3.05, 3.63) is 65.5 Å². The monoisotopic (exact) mass is 454 g/mol. The van der Waals surface area contributed by atoms with Crippen molar-refractivity contribution in [1.29, 1.82) is 0 Å². The molecule has 10 heteroatoms. The van der Waals surface area contributed by atoms with Gasteiger partial charge in [0.15, 0.2) is 0 Å². The number of amides is 2. The molecule has 0 aromatic heterocycles. The molecule has 0 saturated heterocycles. The topological polar surface area (TPSA) is 110 Å². The molecular formula is C22H26F4N4O2. The molecule has 32 heavy (non-hydrogen) atoms. The molecule has 0 radical (unpaired) electrons. The maximum Gasteiger partial charge on any atom is 0.416 e. The van der Waals surface area contributed by atoms with Gasteiger partial charge in [-0.05, 0) is 56.0 Å². The van der Waals surface area contributed by atoms with Crippen LogP contribution in [0.4, 0.5) is 23.2 Å². The van der Waals surface area contributed by atoms with Gasteiger partial charge in [-0.25, -0.2) is 4.39 Å². The minimum absolute atomic E-state index is 0.131. The minimum Gasteiger partial charge on any atom is -0.343 e. The van der Waals surface area contributed by atoms with Gasteiger partial charge in [0, 0.05) is 0 Å². The number of anilines is 1. The third-order valence-corrected chi connectivity index (χ3v) is 4.81. The van der Waals surface area contributed by atoms with E-state index in [-0.39, 0.29) is 6.42 Å². The Balaban J connectivity index is 2.18. The van der Waals surface area contributed by atoms with E-state index in [0.29, 0.717) is 44.0 Å². The first-order valence-corrected chi connectivity index (χ1v) is 10.1. The number of hydrogen-bond acceptors (Lipinski definition) is 4. The highest BCUT2D eigenvalue weighted by Crippen LogP contribution is 2.31. The summed E-state index contributed by atoms with van der Waals surface area (Å²) in [7, 11) is 0. The zero-order valence-corrected chi connectivity index (χ0v) is 17.3. The number of aryl methyl sites for hydroxylation is 1. The van der Waals surface area contributed by atoms with Crippen molar-refractivity contribution < 1.29 is 27.2 Å². The first-order valence-electron chi connectivity index (χ1n) is 10.1. The number of carbonyl (C=O) groups is 2. The number of nitrogens with one attached hydrogen (secondary N) is 2. The highest BCUT2D eigenvalue weighted by molar-refractivity contribution is 5.98. The van der Waals surface area contributed by atoms with Crippen LogP contribution in [0.3, 0.4) is 0 Å². The lowest BCUT2D eigenvalue weighted by atomic mass is 10.0. The summed E-state index contributed by atoms with van der Waals surface area (Å²) < 4.78 is 52.9. The molecule has 0 aliphatic rings. The highest BCUT2D eigenvalue weighted by atomic mass is 19.4. The number of hydrogen-bond donors (Lipinski definition) is 4. The zero-order chi connectivity index (χ0) is 23.7. The van der Waals surface area contributed by atoms with Gasteiger partial charge in [-0.2, -0.15) is 13.2 Å². The molecule has 6 N–H and O–H groups in total. The molecule has 0 unspecified atom stereocenters. The summed E-state index contributed by atoms with van der Waals surface area (Å²) in [5, 5.41) is 4.68. The summed E-state index contributed by atoms with van der Waals surface area (Å²) >= 11 is 0. The Morgan fingerprint density at radius 3 is 2.31 bits per heavy atom. The predicted molar refractivity (Wildman–Crippen MR) is 113 cm³/mol. The Morgan fingerprint density at radius 1 is 1.00 bits per heavy atom. The van der Waals surface area contributed by atoms with Gasteiger partial charge in [0.25, 0.3) is 0 Å². The van der Waals surface area contributed by atoms with Crippen LogP contribution in [0.15, 0.2) is 48.5 Å². The smallest absolute Gasteiger partial charge is 0.343 e. The lowest BCUT2D eigenvalue weighted by Crippen LogP contribution is -2.50. The maximum atomic E-state index is 14.1. The van der Waals surface area contributed by atoms with Crippen LogP contribution in [0, 0.1) is 5.82 Å². The second kappa shape index (κ2) is 11.6. The van der Waals surface area contributed by atoms with E-state index >= 15 is 0 Å². The fourth-order valence-electron chi connectivity index (χ4n) is 2.99. The number of nitrogens with two attached hydrogens (primary N) is 2. The van der Waals surface area contributed by atoms with Gasteiger partial charge >= 0.3 is 6.18 Å². The van der Waals surface area contributed by atoms with Crippen LogP contribution < -0.4 is 22.1 Å². The quantitative estimate of drug-likeness (QED) is 0.414. The molecule has 2 atom stereocenters. The number of carbonyl (C=O) groups excluding carboxylic acids is 2. The summed E-state index contributed by atoms with van der Waals surface area (Å²) in [5.74, 6) is -2.48. The molecule has 0 saturated carbocycles. The second-order valence-corrected chi connectivity index (χ2v) is 7.30. The van der Waals surface area contributed by atoms with Crippen molar-refractivity contribution in [3.63, 3.8) is 0 Å². The van der Waals surface area contributed by atoms with Gasteiger partial charge < -0.3 is 22.1 Å². The van der Waals surface area contributed by atoms with Crippen LogP contribution in [0.1, 0.15) is 30.4 Å². The fraction of sp³-hybridized carbons (Fsp3) is 0.364. The SMILES string of the molecule is NCCC[C@H](N)C(=O)N[C@H](CCc1ccccc1)C(=O)Nc1cc(C(F)(F)F)ccc1F. The lowest BCUT2D eigenvalue weighted by Gasteiger charge is -2.21. The van der Waals surface area contributed by atoms with Crippen LogP contribution in [-0.2, 0) is 22.2 Å². The van der Waals surface area contributed by atoms with E-state index in [1.54, 1.807) is 0 Å². The van der Waals surface area contributed by atoms with Crippen molar-refractivity contribution >= 4 is 17.5 Å². The largest absolute Gasteiger partial charge is 0.416 e. The highest BCUT2D eigenvalue weighted by Gasteiger charge is 2.32. The molecule has 0 aliphatic carbocycles. The molecule has 0 fully saturated rings. The van der Waals surface area contributed by atoms with Gasteiger partial charge in [-0.3, -0.25) is 9.59 Å². The average molecular weight is 454 g/mol. The van der Waals surface area contributed by atoms with Crippen molar-refractivity contribution in [1.82, 2.24) is 5.32 Å². The Kier molecular flexibility index (Phi) is 9.15. The van der Waals surface area contributed by atoms with Crippen molar-refractivity contribution in [2.75, 3.05) is 11.9 Å². The van der Waals surface area contributed by atoms with Crippen molar-refractivity contribution in [2.45, 2.75) is 43.9 Å². The third-order valence-electron chi connectivity index (χ3n) is 4.81. The molecule has 2 amide bonds. The standard InChI is InChI=1S/C22H26F4N4O2/c23-16-10-9-15(22(24,25)26)13-19(16)30-21(32)18(11-8-14-5-2-1-3-6-14)29-20(31)17(28)7-4-12-27/h1-3,5-6,9-10,13,17-18H,4,7-8,11-12,27-28H2,(H,29,31)(H,30,32)/t17-,18+/m0/s1. The van der Waals surface area contributed by atoms with E-state index in [1.165, 1.54) is 0 Å². The van der Waals surface area contributed by atoms with Crippen LogP contribution in [0.25, 0.3) is 0 Å². The van der Waals surface area contributed by atoms with E-state index in [2.05, 4.69) is 10.6 Å². The zero-order valence-electron chi connectivity index (χ0n) is 17.3. The minimum atomic E-state index is -4.70. The lowest BCUT2D eigenvalue weighted by molar-refractivity contribution is -0.137. The first kappa shape index (κ1) is 25.3. The van der Waals surface area contributed by atoms with E-state index in [9.17, 15) is 27.2 Å². The summed E-state index contributed by atoms with van der Waals surface area (Å²) in [5.41, 5.74) is 10.4. The van der Waals surface area contributed by atoms with Crippen LogP contribution >= 0.6 is 0 Å². The molecular weight excluding hydrogens is 428 g/mol. The molecule has 0 aliphatic heterocycles. The van der Waals surface area contributed by atoms with E-state index in [1.807, 2.05) is 30.3 Å². The number of alkyl halides is 3. The fourth-order valence-corrected chi connectivity index (χ4v) is 2.99. The molecule has 0 spiro atoms. The van der Waals surface area contributed by atoms with Crippen LogP contribution in [0.5, 0.6) is 0 Å². The molecule has 2 aromatic carbocycles. The first-order chi connectivity index (χ1) is 15.1. The molecule has 0 bridgehead atoms. The molecule has 6 nitrogen and oxygen atoms in total. The van der Waals surface area contributed by atoms with Gasteiger partial charge in [-0.1, -0.05) is 30.3 Å². The Labute approximate surface area is 183 Å². The third kappa shape index (κ3) is 7.61. The molecule has 0 heterocycles.